The van der Waals surface area contributed by atoms with Crippen LogP contribution in [0.1, 0.15) is 55.4 Å². The Bertz CT molecular complexity index is 887. The molecule has 1 saturated heterocycles. The molecule has 2 amide bonds. The van der Waals surface area contributed by atoms with Gasteiger partial charge in [0.15, 0.2) is 0 Å². The van der Waals surface area contributed by atoms with Gasteiger partial charge in [-0.2, -0.15) is 0 Å². The predicted molar refractivity (Wildman–Crippen MR) is 112 cm³/mol. The van der Waals surface area contributed by atoms with Crippen LogP contribution in [0.25, 0.3) is 0 Å². The van der Waals surface area contributed by atoms with Crippen LogP contribution in [0.15, 0.2) is 10.4 Å². The van der Waals surface area contributed by atoms with Crippen LogP contribution in [-0.2, 0) is 35.6 Å². The average molecular weight is 406 g/mol. The van der Waals surface area contributed by atoms with E-state index in [2.05, 4.69) is 34.6 Å². The monoisotopic (exact) mass is 405 g/mol. The standard InChI is InChI=1S/C20H31N5O2S/c1-13(2)25-11-10-18(24(25)3)28(21,27)23-20(26)22-19-16-8-4-6-14(16)12-15-7-5-9-17(15)19/h12-13,18H,4-11H2,1-3H3,(H3,21,22,23,26,27). The fourth-order valence-corrected chi connectivity index (χ4v) is 6.48. The maximum atomic E-state index is 13.1. The van der Waals surface area contributed by atoms with Crippen molar-refractivity contribution in [3.8, 4) is 0 Å². The highest BCUT2D eigenvalue weighted by atomic mass is 32.2. The molecule has 7 nitrogen and oxygen atoms in total. The molecule has 0 bridgehead atoms. The van der Waals surface area contributed by atoms with E-state index in [1.54, 1.807) is 0 Å². The van der Waals surface area contributed by atoms with Gasteiger partial charge in [0.1, 0.15) is 15.3 Å². The second kappa shape index (κ2) is 7.40. The first-order chi connectivity index (χ1) is 13.3. The molecule has 1 aromatic carbocycles. The smallest absolute Gasteiger partial charge is 0.305 e. The quantitative estimate of drug-likeness (QED) is 0.809. The molecule has 1 aliphatic heterocycles. The number of nitrogens with two attached hydrogens (primary N) is 1. The topological polar surface area (TPSA) is 91.0 Å². The highest BCUT2D eigenvalue weighted by Crippen LogP contribution is 2.38. The van der Waals surface area contributed by atoms with Gasteiger partial charge in [0.2, 0.25) is 0 Å². The molecule has 1 heterocycles. The number of carbonyl (C=O) groups excluding carboxylic acids is 1. The summed E-state index contributed by atoms with van der Waals surface area (Å²) in [6.07, 6.45) is 6.95. The zero-order valence-corrected chi connectivity index (χ0v) is 17.8. The first-order valence-electron chi connectivity index (χ1n) is 10.3. The highest BCUT2D eigenvalue weighted by Gasteiger charge is 2.36. The molecule has 0 radical (unpaired) electrons. The number of aryl methyl sites for hydroxylation is 2. The molecule has 3 N–H and O–H groups in total. The number of benzene rings is 1. The zero-order chi connectivity index (χ0) is 20.1. The fraction of sp³-hybridized carbons (Fsp3) is 0.650. The molecule has 3 aliphatic rings. The van der Waals surface area contributed by atoms with E-state index in [0.717, 1.165) is 50.8 Å². The third-order valence-corrected chi connectivity index (χ3v) is 8.12. The van der Waals surface area contributed by atoms with Gasteiger partial charge in [-0.15, -0.1) is 4.36 Å². The van der Waals surface area contributed by atoms with Crippen molar-refractivity contribution in [1.29, 1.82) is 0 Å². The molecule has 1 aromatic rings. The molecule has 2 aliphatic carbocycles. The largest absolute Gasteiger partial charge is 0.354 e. The van der Waals surface area contributed by atoms with Gasteiger partial charge in [-0.25, -0.2) is 24.2 Å². The Balaban J connectivity index is 1.59. The molecule has 2 atom stereocenters. The summed E-state index contributed by atoms with van der Waals surface area (Å²) in [4.78, 5) is 12.7. The maximum absolute atomic E-state index is 13.1. The van der Waals surface area contributed by atoms with Crippen LogP contribution in [0, 0.1) is 0 Å². The van der Waals surface area contributed by atoms with E-state index in [1.807, 2.05) is 12.1 Å². The molecule has 1 fully saturated rings. The number of fused-ring (bicyclic) bond motifs is 2. The SMILES string of the molecule is CC(C)N1CCC(S(N)(=O)=NC(=O)Nc2c3c(cc4c2CCC4)CCC3)N1C. The highest BCUT2D eigenvalue weighted by molar-refractivity contribution is 7.92. The summed E-state index contributed by atoms with van der Waals surface area (Å²) < 4.78 is 17.1. The molecule has 0 aromatic heterocycles. The van der Waals surface area contributed by atoms with Gasteiger partial charge in [0.05, 0.1) is 0 Å². The number of amides is 2. The Morgan fingerprint density at radius 2 is 1.82 bits per heavy atom. The van der Waals surface area contributed by atoms with E-state index in [9.17, 15) is 9.00 Å². The molecular weight excluding hydrogens is 374 g/mol. The van der Waals surface area contributed by atoms with Crippen molar-refractivity contribution in [2.24, 2.45) is 9.50 Å². The van der Waals surface area contributed by atoms with E-state index in [0.29, 0.717) is 6.42 Å². The summed E-state index contributed by atoms with van der Waals surface area (Å²) >= 11 is 0. The van der Waals surface area contributed by atoms with Gasteiger partial charge in [-0.05, 0) is 81.0 Å². The summed E-state index contributed by atoms with van der Waals surface area (Å²) in [5, 5.41) is 12.6. The van der Waals surface area contributed by atoms with Crippen molar-refractivity contribution in [2.75, 3.05) is 18.9 Å². The minimum atomic E-state index is -3.18. The lowest BCUT2D eigenvalue weighted by Gasteiger charge is -2.31. The molecule has 28 heavy (non-hydrogen) atoms. The van der Waals surface area contributed by atoms with Crippen molar-refractivity contribution in [1.82, 2.24) is 10.0 Å². The minimum absolute atomic E-state index is 0.286. The number of carbonyl (C=O) groups is 1. The normalized spacial score (nSPS) is 24.2. The molecule has 4 rings (SSSR count). The van der Waals surface area contributed by atoms with E-state index < -0.39 is 21.3 Å². The number of rotatable bonds is 3. The van der Waals surface area contributed by atoms with E-state index >= 15 is 0 Å². The van der Waals surface area contributed by atoms with Crippen LogP contribution in [0.2, 0.25) is 0 Å². The molecule has 0 saturated carbocycles. The van der Waals surface area contributed by atoms with Crippen LogP contribution >= 0.6 is 0 Å². The lowest BCUT2D eigenvalue weighted by Crippen LogP contribution is -2.46. The van der Waals surface area contributed by atoms with Gasteiger partial charge in [0.25, 0.3) is 0 Å². The zero-order valence-electron chi connectivity index (χ0n) is 17.0. The fourth-order valence-electron chi connectivity index (χ4n) is 5.05. The number of anilines is 1. The number of hydrogen-bond acceptors (Lipinski definition) is 4. The number of hydrazine groups is 1. The molecule has 154 valence electrons. The molecule has 8 heteroatoms. The average Bonchev–Trinajstić information content (AvgIpc) is 3.32. The number of nitrogens with one attached hydrogen (secondary N) is 1. The van der Waals surface area contributed by atoms with Crippen molar-refractivity contribution < 1.29 is 9.00 Å². The van der Waals surface area contributed by atoms with Crippen molar-refractivity contribution in [2.45, 2.75) is 70.2 Å². The van der Waals surface area contributed by atoms with Crippen molar-refractivity contribution in [3.05, 3.63) is 28.3 Å². The summed E-state index contributed by atoms with van der Waals surface area (Å²) in [6, 6.07) is 2.02. The van der Waals surface area contributed by atoms with Gasteiger partial charge < -0.3 is 5.32 Å². The minimum Gasteiger partial charge on any atom is -0.305 e. The van der Waals surface area contributed by atoms with Crippen LogP contribution in [0.4, 0.5) is 10.5 Å². The van der Waals surface area contributed by atoms with Crippen LogP contribution < -0.4 is 10.5 Å². The van der Waals surface area contributed by atoms with Crippen molar-refractivity contribution >= 4 is 21.6 Å². The van der Waals surface area contributed by atoms with E-state index in [1.165, 1.54) is 22.3 Å². The maximum Gasteiger partial charge on any atom is 0.354 e. The van der Waals surface area contributed by atoms with Crippen molar-refractivity contribution in [3.63, 3.8) is 0 Å². The van der Waals surface area contributed by atoms with Gasteiger partial charge in [-0.3, -0.25) is 0 Å². The van der Waals surface area contributed by atoms with Gasteiger partial charge in [0, 0.05) is 25.3 Å². The molecule has 2 unspecified atom stereocenters. The number of hydrogen-bond donors (Lipinski definition) is 2. The van der Waals surface area contributed by atoms with Gasteiger partial charge in [-0.1, -0.05) is 6.07 Å². The third kappa shape index (κ3) is 3.47. The second-order valence-corrected chi connectivity index (χ2v) is 10.4. The summed E-state index contributed by atoms with van der Waals surface area (Å²) in [5.74, 6) is 0. The van der Waals surface area contributed by atoms with Crippen LogP contribution in [0.5, 0.6) is 0 Å². The Morgan fingerprint density at radius 3 is 2.36 bits per heavy atom. The Kier molecular flexibility index (Phi) is 5.24. The Labute approximate surface area is 167 Å². The number of nitrogens with zero attached hydrogens (tertiary/aromatic N) is 3. The lowest BCUT2D eigenvalue weighted by molar-refractivity contribution is 0.0154. The van der Waals surface area contributed by atoms with Gasteiger partial charge >= 0.3 is 6.03 Å². The summed E-state index contributed by atoms with van der Waals surface area (Å²) in [5.41, 5.74) is 6.06. The Hall–Kier alpha value is -1.48. The first kappa shape index (κ1) is 19.8. The molecule has 0 spiro atoms. The summed E-state index contributed by atoms with van der Waals surface area (Å²) in [7, 11) is -1.31. The lowest BCUT2D eigenvalue weighted by atomic mass is 9.99. The third-order valence-electron chi connectivity index (χ3n) is 6.34. The Morgan fingerprint density at radius 1 is 1.21 bits per heavy atom. The number of urea groups is 1. The van der Waals surface area contributed by atoms with E-state index in [4.69, 9.17) is 5.14 Å². The second-order valence-electron chi connectivity index (χ2n) is 8.44. The van der Waals surface area contributed by atoms with Crippen LogP contribution in [-0.4, -0.2) is 45.3 Å². The van der Waals surface area contributed by atoms with E-state index in [-0.39, 0.29) is 6.04 Å². The first-order valence-corrected chi connectivity index (χ1v) is 11.9. The predicted octanol–water partition coefficient (Wildman–Crippen LogP) is 2.82. The molecular formula is C20H31N5O2S. The van der Waals surface area contributed by atoms with Crippen LogP contribution in [0.3, 0.4) is 0 Å². The summed E-state index contributed by atoms with van der Waals surface area (Å²) in [6.45, 7) is 4.93.